The highest BCUT2D eigenvalue weighted by Gasteiger charge is 2.51. The Labute approximate surface area is 208 Å². The summed E-state index contributed by atoms with van der Waals surface area (Å²) in [6, 6.07) is 19.3. The van der Waals surface area contributed by atoms with Crippen molar-refractivity contribution in [3.05, 3.63) is 84.1 Å². The molecule has 2 atom stereocenters. The Morgan fingerprint density at radius 3 is 2.53 bits per heavy atom. The maximum absolute atomic E-state index is 13.1. The summed E-state index contributed by atoms with van der Waals surface area (Å²) in [5.41, 5.74) is 4.77. The third-order valence-electron chi connectivity index (χ3n) is 7.41. The molecule has 2 aromatic heterocycles. The zero-order valence-electron chi connectivity index (χ0n) is 20.0. The van der Waals surface area contributed by atoms with Crippen LogP contribution in [0.3, 0.4) is 0 Å². The standard InChI is InChI=1S/C28H26N6O2/c1-28-17-33(26(35)12-8-19-7-10-23(29-14-19)20-5-3-2-4-6-20)15-22(28)16-34(18-28)27(36)21-9-11-24-25(13-21)31-32-30-24/h2-14,22H,15-18H2,1H3,(H,30,31,32)/b12-8+/t22-,28-/m1/s1. The maximum Gasteiger partial charge on any atom is 0.253 e. The molecule has 2 aliphatic rings. The van der Waals surface area contributed by atoms with Crippen LogP contribution in [0.15, 0.2) is 72.9 Å². The van der Waals surface area contributed by atoms with E-state index in [0.717, 1.165) is 22.3 Å². The highest BCUT2D eigenvalue weighted by atomic mass is 16.2. The number of H-pyrrole nitrogens is 1. The van der Waals surface area contributed by atoms with Gasteiger partial charge in [0.25, 0.3) is 5.91 Å². The number of aromatic amines is 1. The molecule has 8 nitrogen and oxygen atoms in total. The lowest BCUT2D eigenvalue weighted by molar-refractivity contribution is -0.125. The summed E-state index contributed by atoms with van der Waals surface area (Å²) in [5.74, 6) is 0.244. The Morgan fingerprint density at radius 1 is 0.972 bits per heavy atom. The number of hydrogen-bond donors (Lipinski definition) is 1. The first kappa shape index (κ1) is 22.2. The maximum atomic E-state index is 13.1. The van der Waals surface area contributed by atoms with E-state index in [1.807, 2.05) is 64.4 Å². The van der Waals surface area contributed by atoms with Crippen LogP contribution in [0.1, 0.15) is 22.8 Å². The molecule has 36 heavy (non-hydrogen) atoms. The van der Waals surface area contributed by atoms with Crippen molar-refractivity contribution in [1.82, 2.24) is 30.2 Å². The van der Waals surface area contributed by atoms with Gasteiger partial charge in [-0.2, -0.15) is 15.4 Å². The summed E-state index contributed by atoms with van der Waals surface area (Å²) in [7, 11) is 0. The summed E-state index contributed by atoms with van der Waals surface area (Å²) in [6.45, 7) is 4.74. The molecule has 0 spiro atoms. The number of nitrogens with one attached hydrogen (secondary N) is 1. The van der Waals surface area contributed by atoms with Crippen molar-refractivity contribution in [3.63, 3.8) is 0 Å². The Kier molecular flexibility index (Phi) is 5.36. The number of hydrogen-bond acceptors (Lipinski definition) is 5. The van der Waals surface area contributed by atoms with E-state index in [1.54, 1.807) is 24.4 Å². The lowest BCUT2D eigenvalue weighted by Gasteiger charge is -2.25. The molecule has 2 saturated heterocycles. The quantitative estimate of drug-likeness (QED) is 0.452. The molecule has 1 N–H and O–H groups in total. The Morgan fingerprint density at radius 2 is 1.75 bits per heavy atom. The number of nitrogens with zero attached hydrogens (tertiary/aromatic N) is 5. The van der Waals surface area contributed by atoms with Gasteiger partial charge in [-0.1, -0.05) is 43.3 Å². The minimum Gasteiger partial charge on any atom is -0.338 e. The molecule has 0 saturated carbocycles. The van der Waals surface area contributed by atoms with Gasteiger partial charge in [-0.3, -0.25) is 14.6 Å². The largest absolute Gasteiger partial charge is 0.338 e. The summed E-state index contributed by atoms with van der Waals surface area (Å²) in [6.07, 6.45) is 5.22. The van der Waals surface area contributed by atoms with E-state index in [0.29, 0.717) is 37.3 Å². The average molecular weight is 479 g/mol. The van der Waals surface area contributed by atoms with Gasteiger partial charge in [-0.25, -0.2) is 0 Å². The zero-order valence-corrected chi connectivity index (χ0v) is 20.0. The molecule has 0 bridgehead atoms. The van der Waals surface area contributed by atoms with Crippen LogP contribution in [0.2, 0.25) is 0 Å². The molecule has 6 rings (SSSR count). The number of likely N-dealkylation sites (tertiary alicyclic amines) is 2. The average Bonchev–Trinajstić information content (AvgIpc) is 3.59. The first-order valence-corrected chi connectivity index (χ1v) is 12.1. The molecule has 180 valence electrons. The van der Waals surface area contributed by atoms with Crippen LogP contribution >= 0.6 is 0 Å². The zero-order chi connectivity index (χ0) is 24.7. The number of fused-ring (bicyclic) bond motifs is 2. The van der Waals surface area contributed by atoms with E-state index in [9.17, 15) is 9.59 Å². The predicted molar refractivity (Wildman–Crippen MR) is 137 cm³/mol. The number of carbonyl (C=O) groups excluding carboxylic acids is 2. The second-order valence-corrected chi connectivity index (χ2v) is 9.96. The number of carbonyl (C=O) groups is 2. The summed E-state index contributed by atoms with van der Waals surface area (Å²) < 4.78 is 0. The van der Waals surface area contributed by atoms with Crippen molar-refractivity contribution < 1.29 is 9.59 Å². The highest BCUT2D eigenvalue weighted by molar-refractivity contribution is 5.97. The molecule has 0 radical (unpaired) electrons. The normalized spacial score (nSPS) is 21.4. The molecule has 8 heteroatoms. The van der Waals surface area contributed by atoms with Crippen molar-refractivity contribution in [1.29, 1.82) is 0 Å². The molecule has 0 aliphatic carbocycles. The van der Waals surface area contributed by atoms with E-state index >= 15 is 0 Å². The second-order valence-electron chi connectivity index (χ2n) is 9.96. The van der Waals surface area contributed by atoms with Gasteiger partial charge in [0.15, 0.2) is 0 Å². The number of rotatable bonds is 4. The van der Waals surface area contributed by atoms with Gasteiger partial charge in [-0.15, -0.1) is 0 Å². The van der Waals surface area contributed by atoms with Gasteiger partial charge in [0.1, 0.15) is 11.0 Å². The smallest absolute Gasteiger partial charge is 0.253 e. The molecular weight excluding hydrogens is 452 g/mol. The molecule has 4 aromatic rings. The van der Waals surface area contributed by atoms with Crippen LogP contribution < -0.4 is 0 Å². The van der Waals surface area contributed by atoms with Crippen molar-refractivity contribution in [2.45, 2.75) is 6.92 Å². The molecule has 0 unspecified atom stereocenters. The Bertz CT molecular complexity index is 1460. The van der Waals surface area contributed by atoms with E-state index in [1.165, 1.54) is 0 Å². The molecule has 2 aliphatic heterocycles. The van der Waals surface area contributed by atoms with E-state index in [-0.39, 0.29) is 23.1 Å². The third kappa shape index (κ3) is 4.04. The van der Waals surface area contributed by atoms with Crippen molar-refractivity contribution in [2.75, 3.05) is 26.2 Å². The van der Waals surface area contributed by atoms with Crippen LogP contribution in [0.25, 0.3) is 28.4 Å². The van der Waals surface area contributed by atoms with E-state index in [2.05, 4.69) is 27.3 Å². The van der Waals surface area contributed by atoms with Gasteiger partial charge in [0.2, 0.25) is 5.91 Å². The first-order valence-electron chi connectivity index (χ1n) is 12.1. The van der Waals surface area contributed by atoms with Crippen molar-refractivity contribution in [2.24, 2.45) is 11.3 Å². The summed E-state index contributed by atoms with van der Waals surface area (Å²) >= 11 is 0. The highest BCUT2D eigenvalue weighted by Crippen LogP contribution is 2.42. The van der Waals surface area contributed by atoms with Gasteiger partial charge >= 0.3 is 0 Å². The van der Waals surface area contributed by atoms with Crippen LogP contribution in [-0.4, -0.2) is 68.2 Å². The minimum atomic E-state index is -0.115. The van der Waals surface area contributed by atoms with E-state index < -0.39 is 0 Å². The fourth-order valence-corrected chi connectivity index (χ4v) is 5.37. The lowest BCUT2D eigenvalue weighted by Crippen LogP contribution is -2.37. The fraction of sp³-hybridized carbons (Fsp3) is 0.250. The SMILES string of the molecule is C[C@]12CN(C(=O)/C=C/c3ccc(-c4ccccc4)nc3)C[C@@H]1CN(C(=O)c1ccc3n[nH]nc3c1)C2. The molecule has 2 amide bonds. The van der Waals surface area contributed by atoms with Crippen LogP contribution in [0, 0.1) is 11.3 Å². The topological polar surface area (TPSA) is 95.1 Å². The van der Waals surface area contributed by atoms with Crippen molar-refractivity contribution in [3.8, 4) is 11.3 Å². The van der Waals surface area contributed by atoms with Crippen molar-refractivity contribution >= 4 is 28.9 Å². The van der Waals surface area contributed by atoms with Gasteiger partial charge in [0, 0.05) is 60.9 Å². The monoisotopic (exact) mass is 478 g/mol. The number of amides is 2. The van der Waals surface area contributed by atoms with Crippen LogP contribution in [0.5, 0.6) is 0 Å². The van der Waals surface area contributed by atoms with Crippen LogP contribution in [0.4, 0.5) is 0 Å². The summed E-state index contributed by atoms with van der Waals surface area (Å²) in [4.78, 5) is 34.4. The molecule has 2 fully saturated rings. The van der Waals surface area contributed by atoms with Gasteiger partial charge < -0.3 is 9.80 Å². The first-order chi connectivity index (χ1) is 17.5. The van der Waals surface area contributed by atoms with Crippen LogP contribution in [-0.2, 0) is 4.79 Å². The minimum absolute atomic E-state index is 0.000234. The van der Waals surface area contributed by atoms with Gasteiger partial charge in [-0.05, 0) is 35.9 Å². The molecule has 2 aromatic carbocycles. The Hall–Kier alpha value is -4.33. The lowest BCUT2D eigenvalue weighted by atomic mass is 9.83. The number of aromatic nitrogens is 4. The fourth-order valence-electron chi connectivity index (χ4n) is 5.37. The molecule has 4 heterocycles. The summed E-state index contributed by atoms with van der Waals surface area (Å²) in [5, 5.41) is 10.7. The second kappa shape index (κ2) is 8.71. The van der Waals surface area contributed by atoms with E-state index in [4.69, 9.17) is 0 Å². The predicted octanol–water partition coefficient (Wildman–Crippen LogP) is 3.65. The third-order valence-corrected chi connectivity index (χ3v) is 7.41. The number of benzene rings is 2. The number of pyridine rings is 1. The van der Waals surface area contributed by atoms with Gasteiger partial charge in [0.05, 0.1) is 5.69 Å². The Balaban J connectivity index is 1.08. The molecular formula is C28H26N6O2.